The Morgan fingerprint density at radius 2 is 0.720 bits per heavy atom. The van der Waals surface area contributed by atoms with Crippen LogP contribution in [0.1, 0.15) is 91.9 Å². The zero-order chi connectivity index (χ0) is 18.6. The van der Waals surface area contributed by atoms with Crippen LogP contribution in [0.2, 0.25) is 0 Å². The summed E-state index contributed by atoms with van der Waals surface area (Å²) in [6.07, 6.45) is 13.1. The Balaban J connectivity index is 3.69. The summed E-state index contributed by atoms with van der Waals surface area (Å²) in [6.45, 7) is 18.9. The molecule has 0 atom stereocenters. The molecule has 0 aromatic carbocycles. The second-order valence-electron chi connectivity index (χ2n) is 7.48. The molecule has 0 heterocycles. The van der Waals surface area contributed by atoms with Crippen molar-refractivity contribution in [2.24, 2.45) is 0 Å². The van der Waals surface area contributed by atoms with Gasteiger partial charge in [-0.05, 0) is 77.8 Å². The maximum absolute atomic E-state index is 4.78. The van der Waals surface area contributed by atoms with E-state index in [1.54, 1.807) is 0 Å². The normalized spacial score (nSPS) is 11.8. The molecular weight excluding hydrogens is 306 g/mol. The predicted octanol–water partition coefficient (Wildman–Crippen LogP) is 5.18. The van der Waals surface area contributed by atoms with Crippen LogP contribution in [-0.2, 0) is 0 Å². The Hall–Kier alpha value is -0.120. The van der Waals surface area contributed by atoms with Gasteiger partial charge in [-0.15, -0.1) is 0 Å². The molecule has 0 aromatic heterocycles. The fourth-order valence-electron chi connectivity index (χ4n) is 3.12. The Bertz CT molecular complexity index is 205. The lowest BCUT2D eigenvalue weighted by molar-refractivity contribution is 0.254. The van der Waals surface area contributed by atoms with Crippen LogP contribution in [0.5, 0.6) is 0 Å². The summed E-state index contributed by atoms with van der Waals surface area (Å²) in [4.78, 5) is 5.31. The average Bonchev–Trinajstić information content (AvgIpc) is 2.63. The fourth-order valence-corrected chi connectivity index (χ4v) is 3.12. The molecule has 0 spiro atoms. The van der Waals surface area contributed by atoms with Gasteiger partial charge in [0.15, 0.2) is 0 Å². The van der Waals surface area contributed by atoms with Gasteiger partial charge in [0.2, 0.25) is 0 Å². The monoisotopic (exact) mass is 354 g/mol. The molecule has 3 nitrogen and oxygen atoms in total. The van der Waals surface area contributed by atoms with Crippen molar-refractivity contribution < 1.29 is 0 Å². The molecule has 0 fully saturated rings. The molecule has 1 radical (unpaired) electrons. The van der Waals surface area contributed by atoms with Crippen molar-refractivity contribution >= 4 is 0 Å². The maximum Gasteiger partial charge on any atom is 0.0145 e. The minimum atomic E-state index is 1.05. The van der Waals surface area contributed by atoms with Crippen molar-refractivity contribution in [1.82, 2.24) is 15.1 Å². The van der Waals surface area contributed by atoms with Crippen LogP contribution in [0, 0.1) is 0 Å². The molecule has 0 aliphatic carbocycles. The third-order valence-electron chi connectivity index (χ3n) is 4.89. The largest absolute Gasteiger partial charge is 0.303 e. The molecule has 0 aromatic rings. The molecule has 0 amide bonds. The third kappa shape index (κ3) is 17.1. The van der Waals surface area contributed by atoms with Crippen LogP contribution in [0.4, 0.5) is 0 Å². The van der Waals surface area contributed by atoms with Crippen molar-refractivity contribution in [3.63, 3.8) is 0 Å². The molecule has 0 N–H and O–H groups in total. The van der Waals surface area contributed by atoms with Crippen molar-refractivity contribution in [2.45, 2.75) is 91.9 Å². The summed E-state index contributed by atoms with van der Waals surface area (Å²) >= 11 is 0. The van der Waals surface area contributed by atoms with Crippen LogP contribution in [0.3, 0.4) is 0 Å². The lowest BCUT2D eigenvalue weighted by Crippen LogP contribution is -2.30. The molecule has 25 heavy (non-hydrogen) atoms. The first-order valence-electron chi connectivity index (χ1n) is 11.4. The number of unbranched alkanes of at least 4 members (excludes halogenated alkanes) is 4. The van der Waals surface area contributed by atoms with E-state index in [1.807, 2.05) is 0 Å². The first-order valence-corrected chi connectivity index (χ1v) is 11.4. The van der Waals surface area contributed by atoms with Crippen LogP contribution < -0.4 is 5.32 Å². The second-order valence-corrected chi connectivity index (χ2v) is 7.48. The lowest BCUT2D eigenvalue weighted by atomic mass is 10.2. The van der Waals surface area contributed by atoms with Gasteiger partial charge in [0.1, 0.15) is 0 Å². The summed E-state index contributed by atoms with van der Waals surface area (Å²) in [6, 6.07) is 0. The summed E-state index contributed by atoms with van der Waals surface area (Å²) in [5, 5.41) is 4.78. The van der Waals surface area contributed by atoms with Crippen LogP contribution >= 0.6 is 0 Å². The molecular formula is C22H48N3. The number of hydrogen-bond acceptors (Lipinski definition) is 2. The van der Waals surface area contributed by atoms with E-state index in [-0.39, 0.29) is 0 Å². The van der Waals surface area contributed by atoms with Crippen molar-refractivity contribution in [1.29, 1.82) is 0 Å². The highest BCUT2D eigenvalue weighted by atomic mass is 15.1. The second kappa shape index (κ2) is 20.2. The van der Waals surface area contributed by atoms with Gasteiger partial charge in [-0.2, -0.15) is 0 Å². The van der Waals surface area contributed by atoms with Crippen molar-refractivity contribution in [3.05, 3.63) is 0 Å². The zero-order valence-corrected chi connectivity index (χ0v) is 18.1. The first kappa shape index (κ1) is 24.9. The van der Waals surface area contributed by atoms with Crippen LogP contribution in [0.25, 0.3) is 0 Å². The van der Waals surface area contributed by atoms with E-state index in [0.29, 0.717) is 0 Å². The molecule has 0 aliphatic rings. The van der Waals surface area contributed by atoms with E-state index in [1.165, 1.54) is 103 Å². The third-order valence-corrected chi connectivity index (χ3v) is 4.89. The molecule has 0 bridgehead atoms. The highest BCUT2D eigenvalue weighted by molar-refractivity contribution is 4.62. The number of nitrogens with zero attached hydrogens (tertiary/aromatic N) is 3. The first-order chi connectivity index (χ1) is 12.3. The van der Waals surface area contributed by atoms with Crippen LogP contribution in [0.15, 0.2) is 0 Å². The number of rotatable bonds is 20. The molecule has 151 valence electrons. The minimum Gasteiger partial charge on any atom is -0.303 e. The molecule has 0 rings (SSSR count). The number of hydrogen-bond donors (Lipinski definition) is 0. The minimum absolute atomic E-state index is 1.05. The van der Waals surface area contributed by atoms with Crippen LogP contribution in [-0.4, -0.2) is 62.2 Å². The van der Waals surface area contributed by atoms with Gasteiger partial charge < -0.3 is 9.80 Å². The predicted molar refractivity (Wildman–Crippen MR) is 114 cm³/mol. The fraction of sp³-hybridized carbons (Fsp3) is 1.00. The van der Waals surface area contributed by atoms with Crippen molar-refractivity contribution in [3.8, 4) is 0 Å². The Morgan fingerprint density at radius 3 is 1.00 bits per heavy atom. The molecule has 3 heteroatoms. The van der Waals surface area contributed by atoms with Gasteiger partial charge in [-0.1, -0.05) is 53.4 Å². The highest BCUT2D eigenvalue weighted by Gasteiger charge is 2.05. The summed E-state index contributed by atoms with van der Waals surface area (Å²) in [5.74, 6) is 0. The van der Waals surface area contributed by atoms with Gasteiger partial charge in [-0.25, -0.2) is 5.32 Å². The molecule has 0 saturated carbocycles. The van der Waals surface area contributed by atoms with E-state index in [0.717, 1.165) is 13.1 Å². The van der Waals surface area contributed by atoms with Gasteiger partial charge in [0.05, 0.1) is 0 Å². The quantitative estimate of drug-likeness (QED) is 0.281. The van der Waals surface area contributed by atoms with E-state index < -0.39 is 0 Å². The standard InChI is InChI=1S/C22H48N3/c1-5-9-17-24(18-10-6-2)21-13-15-23-16-14-22-25(19-11-7-3)20-12-8-4/h5-22H2,1-4H3. The average molecular weight is 355 g/mol. The molecule has 0 saturated heterocycles. The van der Waals surface area contributed by atoms with Gasteiger partial charge in [0.25, 0.3) is 0 Å². The zero-order valence-electron chi connectivity index (χ0n) is 18.1. The Kier molecular flexibility index (Phi) is 20.1. The lowest BCUT2D eigenvalue weighted by Gasteiger charge is -2.22. The maximum atomic E-state index is 4.78. The van der Waals surface area contributed by atoms with E-state index >= 15 is 0 Å². The SMILES string of the molecule is CCCCN(CCCC)CCC[N]CCCN(CCCC)CCCC. The smallest absolute Gasteiger partial charge is 0.0145 e. The van der Waals surface area contributed by atoms with E-state index in [4.69, 9.17) is 5.32 Å². The van der Waals surface area contributed by atoms with E-state index in [2.05, 4.69) is 37.5 Å². The summed E-state index contributed by atoms with van der Waals surface area (Å²) in [7, 11) is 0. The Morgan fingerprint density at radius 1 is 0.440 bits per heavy atom. The van der Waals surface area contributed by atoms with Gasteiger partial charge in [0, 0.05) is 13.1 Å². The molecule has 0 aliphatic heterocycles. The van der Waals surface area contributed by atoms with E-state index in [9.17, 15) is 0 Å². The van der Waals surface area contributed by atoms with Crippen molar-refractivity contribution in [2.75, 3.05) is 52.4 Å². The Labute approximate surface area is 159 Å². The summed E-state index contributed by atoms with van der Waals surface area (Å²) in [5.41, 5.74) is 0. The van der Waals surface area contributed by atoms with Gasteiger partial charge >= 0.3 is 0 Å². The van der Waals surface area contributed by atoms with Gasteiger partial charge in [-0.3, -0.25) is 0 Å². The summed E-state index contributed by atoms with van der Waals surface area (Å²) < 4.78 is 0. The highest BCUT2D eigenvalue weighted by Crippen LogP contribution is 2.02. The molecule has 0 unspecified atom stereocenters. The topological polar surface area (TPSA) is 20.6 Å².